The van der Waals surface area contributed by atoms with Crippen molar-refractivity contribution in [2.45, 2.75) is 26.0 Å². The third kappa shape index (κ3) is 2.62. The lowest BCUT2D eigenvalue weighted by Gasteiger charge is -2.26. The predicted octanol–water partition coefficient (Wildman–Crippen LogP) is -0.0994. The van der Waals surface area contributed by atoms with Gasteiger partial charge in [-0.2, -0.15) is 0 Å². The van der Waals surface area contributed by atoms with Crippen molar-refractivity contribution in [3.05, 3.63) is 17.6 Å². The highest BCUT2D eigenvalue weighted by atomic mass is 32.2. The lowest BCUT2D eigenvalue weighted by Crippen LogP contribution is -2.34. The number of anilines is 1. The highest BCUT2D eigenvalue weighted by Gasteiger charge is 2.32. The summed E-state index contributed by atoms with van der Waals surface area (Å²) in [6.45, 7) is 1.61. The van der Waals surface area contributed by atoms with E-state index in [1.165, 1.54) is 0 Å². The van der Waals surface area contributed by atoms with E-state index < -0.39 is 9.84 Å². The molecule has 0 amide bonds. The first-order valence-corrected chi connectivity index (χ1v) is 7.62. The molecule has 0 aliphatic carbocycles. The van der Waals surface area contributed by atoms with Gasteiger partial charge in [-0.25, -0.2) is 18.4 Å². The van der Waals surface area contributed by atoms with Crippen LogP contribution in [-0.2, 0) is 16.4 Å². The Hall–Kier alpha value is -1.21. The molecule has 1 saturated heterocycles. The number of nitrogens with zero attached hydrogens (tertiary/aromatic N) is 3. The van der Waals surface area contributed by atoms with Gasteiger partial charge in [0.1, 0.15) is 11.6 Å². The van der Waals surface area contributed by atoms with Crippen LogP contribution < -0.4 is 4.90 Å². The van der Waals surface area contributed by atoms with Gasteiger partial charge in [-0.3, -0.25) is 0 Å². The maximum atomic E-state index is 11.5. The Morgan fingerprint density at radius 3 is 2.83 bits per heavy atom. The number of aryl methyl sites for hydroxylation is 1. The van der Waals surface area contributed by atoms with Crippen molar-refractivity contribution in [1.82, 2.24) is 9.97 Å². The zero-order chi connectivity index (χ0) is 13.3. The molecule has 18 heavy (non-hydrogen) atoms. The maximum absolute atomic E-state index is 11.5. The molecule has 0 spiro atoms. The summed E-state index contributed by atoms with van der Waals surface area (Å²) in [6, 6.07) is -0.0744. The van der Waals surface area contributed by atoms with E-state index in [2.05, 4.69) is 9.97 Å². The van der Waals surface area contributed by atoms with Gasteiger partial charge in [0, 0.05) is 24.8 Å². The Labute approximate surface area is 107 Å². The van der Waals surface area contributed by atoms with Gasteiger partial charge in [-0.1, -0.05) is 0 Å². The van der Waals surface area contributed by atoms with Gasteiger partial charge in [0.2, 0.25) is 0 Å². The van der Waals surface area contributed by atoms with E-state index in [1.54, 1.807) is 13.1 Å². The number of hydrogen-bond acceptors (Lipinski definition) is 6. The van der Waals surface area contributed by atoms with Gasteiger partial charge in [0.15, 0.2) is 9.84 Å². The third-order valence-electron chi connectivity index (χ3n) is 3.22. The molecule has 0 aromatic carbocycles. The molecule has 0 bridgehead atoms. The summed E-state index contributed by atoms with van der Waals surface area (Å²) >= 11 is 0. The van der Waals surface area contributed by atoms with Gasteiger partial charge in [-0.05, 0) is 13.3 Å². The van der Waals surface area contributed by atoms with Crippen LogP contribution >= 0.6 is 0 Å². The number of hydrogen-bond donors (Lipinski definition) is 1. The summed E-state index contributed by atoms with van der Waals surface area (Å²) in [5.74, 6) is 1.60. The average Bonchev–Trinajstić information content (AvgIpc) is 2.68. The van der Waals surface area contributed by atoms with Crippen molar-refractivity contribution < 1.29 is 13.5 Å². The van der Waals surface area contributed by atoms with Crippen LogP contribution in [0.3, 0.4) is 0 Å². The first-order valence-electron chi connectivity index (χ1n) is 5.79. The number of aromatic nitrogens is 2. The Morgan fingerprint density at radius 2 is 2.28 bits per heavy atom. The third-order valence-corrected chi connectivity index (χ3v) is 4.97. The molecule has 0 radical (unpaired) electrons. The number of aliphatic hydroxyl groups excluding tert-OH is 1. The number of aliphatic hydroxyl groups is 1. The Kier molecular flexibility index (Phi) is 3.54. The molecule has 1 atom stereocenters. The van der Waals surface area contributed by atoms with E-state index >= 15 is 0 Å². The summed E-state index contributed by atoms with van der Waals surface area (Å²) in [5.41, 5.74) is 0.618. The Morgan fingerprint density at radius 1 is 1.56 bits per heavy atom. The first-order chi connectivity index (χ1) is 8.43. The minimum Gasteiger partial charge on any atom is -0.391 e. The van der Waals surface area contributed by atoms with Crippen molar-refractivity contribution in [2.24, 2.45) is 0 Å². The second-order valence-electron chi connectivity index (χ2n) is 4.59. The first kappa shape index (κ1) is 13.2. The van der Waals surface area contributed by atoms with Crippen LogP contribution in [0.4, 0.5) is 5.82 Å². The molecule has 1 aromatic heterocycles. The fraction of sp³-hybridized carbons (Fsp3) is 0.636. The van der Waals surface area contributed by atoms with Crippen LogP contribution in [0.5, 0.6) is 0 Å². The van der Waals surface area contributed by atoms with Crippen molar-refractivity contribution in [1.29, 1.82) is 0 Å². The second kappa shape index (κ2) is 4.81. The van der Waals surface area contributed by atoms with Gasteiger partial charge in [-0.15, -0.1) is 0 Å². The minimum atomic E-state index is -2.93. The molecule has 1 aromatic rings. The second-order valence-corrected chi connectivity index (χ2v) is 6.82. The van der Waals surface area contributed by atoms with Gasteiger partial charge in [0.05, 0.1) is 18.1 Å². The molecule has 1 aliphatic rings. The SMILES string of the molecule is Cc1ncc(CO)c(N(C)C2CCS(=O)(=O)C2)n1. The number of sulfone groups is 1. The molecule has 6 nitrogen and oxygen atoms in total. The fourth-order valence-corrected chi connectivity index (χ4v) is 3.93. The van der Waals surface area contributed by atoms with Crippen LogP contribution in [-0.4, -0.2) is 48.1 Å². The largest absolute Gasteiger partial charge is 0.391 e. The Bertz CT molecular complexity index is 544. The van der Waals surface area contributed by atoms with E-state index in [4.69, 9.17) is 0 Å². The quantitative estimate of drug-likeness (QED) is 0.826. The molecule has 2 heterocycles. The Balaban J connectivity index is 2.28. The van der Waals surface area contributed by atoms with E-state index in [-0.39, 0.29) is 24.2 Å². The van der Waals surface area contributed by atoms with Crippen LogP contribution in [0.2, 0.25) is 0 Å². The minimum absolute atomic E-state index is 0.0744. The molecular weight excluding hydrogens is 254 g/mol. The fourth-order valence-electron chi connectivity index (χ4n) is 2.15. The lowest BCUT2D eigenvalue weighted by molar-refractivity contribution is 0.281. The molecule has 1 aliphatic heterocycles. The highest BCUT2D eigenvalue weighted by molar-refractivity contribution is 7.91. The van der Waals surface area contributed by atoms with Crippen LogP contribution in [0, 0.1) is 6.92 Å². The summed E-state index contributed by atoms with van der Waals surface area (Å²) in [5, 5.41) is 9.28. The van der Waals surface area contributed by atoms with Crippen molar-refractivity contribution in [3.8, 4) is 0 Å². The molecule has 100 valence electrons. The normalized spacial score (nSPS) is 22.1. The standard InChI is InChI=1S/C11H17N3O3S/c1-8-12-5-9(6-15)11(13-8)14(2)10-3-4-18(16,17)7-10/h5,10,15H,3-4,6-7H2,1-2H3. The lowest BCUT2D eigenvalue weighted by atomic mass is 10.2. The zero-order valence-electron chi connectivity index (χ0n) is 10.5. The van der Waals surface area contributed by atoms with Gasteiger partial charge < -0.3 is 10.0 Å². The summed E-state index contributed by atoms with van der Waals surface area (Å²) in [6.07, 6.45) is 2.18. The van der Waals surface area contributed by atoms with Gasteiger partial charge >= 0.3 is 0 Å². The zero-order valence-corrected chi connectivity index (χ0v) is 11.3. The molecule has 7 heteroatoms. The maximum Gasteiger partial charge on any atom is 0.152 e. The average molecular weight is 271 g/mol. The molecule has 1 fully saturated rings. The van der Waals surface area contributed by atoms with Crippen LogP contribution in [0.1, 0.15) is 17.8 Å². The van der Waals surface area contributed by atoms with E-state index in [0.29, 0.717) is 23.6 Å². The molecule has 0 saturated carbocycles. The summed E-state index contributed by atoms with van der Waals surface area (Å²) < 4.78 is 23.0. The molecule has 1 N–H and O–H groups in total. The van der Waals surface area contributed by atoms with Crippen LogP contribution in [0.25, 0.3) is 0 Å². The highest BCUT2D eigenvalue weighted by Crippen LogP contribution is 2.24. The van der Waals surface area contributed by atoms with Crippen molar-refractivity contribution in [2.75, 3.05) is 23.5 Å². The van der Waals surface area contributed by atoms with Crippen molar-refractivity contribution >= 4 is 15.7 Å². The topological polar surface area (TPSA) is 83.4 Å². The van der Waals surface area contributed by atoms with Gasteiger partial charge in [0.25, 0.3) is 0 Å². The smallest absolute Gasteiger partial charge is 0.152 e. The molecule has 1 unspecified atom stereocenters. The van der Waals surface area contributed by atoms with E-state index in [1.807, 2.05) is 11.9 Å². The molecule has 2 rings (SSSR count). The van der Waals surface area contributed by atoms with Crippen molar-refractivity contribution in [3.63, 3.8) is 0 Å². The monoisotopic (exact) mass is 271 g/mol. The van der Waals surface area contributed by atoms with Crippen LogP contribution in [0.15, 0.2) is 6.20 Å². The molecular formula is C11H17N3O3S. The summed E-state index contributed by atoms with van der Waals surface area (Å²) in [4.78, 5) is 10.2. The predicted molar refractivity (Wildman–Crippen MR) is 68.2 cm³/mol. The van der Waals surface area contributed by atoms with E-state index in [0.717, 1.165) is 0 Å². The van der Waals surface area contributed by atoms with E-state index in [9.17, 15) is 13.5 Å². The number of rotatable bonds is 3. The summed E-state index contributed by atoms with van der Waals surface area (Å²) in [7, 11) is -1.11.